The molecule has 0 bridgehead atoms. The van der Waals surface area contributed by atoms with Crippen LogP contribution in [-0.4, -0.2) is 16.5 Å². The molecule has 1 N–H and O–H groups in total. The Morgan fingerprint density at radius 3 is 2.68 bits per heavy atom. The third-order valence-electron chi connectivity index (χ3n) is 2.72. The van der Waals surface area contributed by atoms with Gasteiger partial charge in [-0.15, -0.1) is 0 Å². The highest BCUT2D eigenvalue weighted by Crippen LogP contribution is 2.23. The van der Waals surface area contributed by atoms with Crippen molar-refractivity contribution in [3.8, 4) is 11.3 Å². The number of hydrogen-bond donors (Lipinski definition) is 1. The maximum atomic E-state index is 13.7. The number of halogens is 2. The van der Waals surface area contributed by atoms with Crippen LogP contribution in [0, 0.1) is 18.6 Å². The van der Waals surface area contributed by atoms with Gasteiger partial charge in [0.2, 0.25) is 5.95 Å². The Kier molecular flexibility index (Phi) is 4.04. The van der Waals surface area contributed by atoms with Gasteiger partial charge in [0.15, 0.2) is 5.82 Å². The van der Waals surface area contributed by atoms with Crippen LogP contribution in [0.4, 0.5) is 14.7 Å². The fourth-order valence-electron chi connectivity index (χ4n) is 1.63. The molecule has 3 nitrogen and oxygen atoms in total. The number of hydrogen-bond acceptors (Lipinski definition) is 3. The molecule has 0 spiro atoms. The monoisotopic (exact) mass is 263 g/mol. The van der Waals surface area contributed by atoms with Crippen LogP contribution in [0.25, 0.3) is 11.3 Å². The Labute approximate surface area is 110 Å². The van der Waals surface area contributed by atoms with Crippen molar-refractivity contribution < 1.29 is 8.78 Å². The first kappa shape index (κ1) is 13.4. The second-order valence-corrected chi connectivity index (χ2v) is 4.28. The summed E-state index contributed by atoms with van der Waals surface area (Å²) < 4.78 is 27.3. The van der Waals surface area contributed by atoms with E-state index in [0.717, 1.165) is 12.6 Å². The van der Waals surface area contributed by atoms with E-state index in [0.29, 0.717) is 23.6 Å². The number of benzene rings is 1. The molecule has 0 aliphatic carbocycles. The smallest absolute Gasteiger partial charge is 0.223 e. The van der Waals surface area contributed by atoms with Gasteiger partial charge >= 0.3 is 0 Å². The average molecular weight is 263 g/mol. The number of anilines is 1. The molecule has 2 rings (SSSR count). The first-order chi connectivity index (χ1) is 9.11. The van der Waals surface area contributed by atoms with Gasteiger partial charge in [0.05, 0.1) is 6.20 Å². The van der Waals surface area contributed by atoms with Gasteiger partial charge in [0, 0.05) is 12.1 Å². The topological polar surface area (TPSA) is 37.8 Å². The van der Waals surface area contributed by atoms with Crippen LogP contribution in [0.3, 0.4) is 0 Å². The number of nitrogens with zero attached hydrogens (tertiary/aromatic N) is 2. The lowest BCUT2D eigenvalue weighted by Crippen LogP contribution is -2.05. The van der Waals surface area contributed by atoms with E-state index in [1.165, 1.54) is 6.07 Å². The summed E-state index contributed by atoms with van der Waals surface area (Å²) in [4.78, 5) is 7.94. The number of aryl methyl sites for hydroxylation is 1. The largest absolute Gasteiger partial charge is 0.354 e. The van der Waals surface area contributed by atoms with Crippen LogP contribution in [0.15, 0.2) is 24.4 Å². The Balaban J connectivity index is 2.39. The van der Waals surface area contributed by atoms with E-state index in [1.54, 1.807) is 19.1 Å². The maximum Gasteiger partial charge on any atom is 0.223 e. The van der Waals surface area contributed by atoms with Crippen molar-refractivity contribution in [3.63, 3.8) is 0 Å². The fourth-order valence-corrected chi connectivity index (χ4v) is 1.63. The summed E-state index contributed by atoms with van der Waals surface area (Å²) in [5.41, 5.74) is 1.03. The minimum absolute atomic E-state index is 0.104. The highest BCUT2D eigenvalue weighted by atomic mass is 19.1. The molecule has 1 aromatic carbocycles. The molecule has 0 saturated carbocycles. The van der Waals surface area contributed by atoms with E-state index in [2.05, 4.69) is 15.3 Å². The lowest BCUT2D eigenvalue weighted by molar-refractivity contribution is 0.613. The number of nitrogens with one attached hydrogen (secondary N) is 1. The zero-order chi connectivity index (χ0) is 13.8. The zero-order valence-electron chi connectivity index (χ0n) is 10.9. The van der Waals surface area contributed by atoms with E-state index < -0.39 is 5.82 Å². The van der Waals surface area contributed by atoms with E-state index in [9.17, 15) is 8.78 Å². The summed E-state index contributed by atoms with van der Waals surface area (Å²) >= 11 is 0. The van der Waals surface area contributed by atoms with Crippen LogP contribution < -0.4 is 5.32 Å². The molecule has 0 atom stereocenters. The minimum Gasteiger partial charge on any atom is -0.354 e. The van der Waals surface area contributed by atoms with Crippen LogP contribution in [0.1, 0.15) is 18.9 Å². The molecule has 0 saturated heterocycles. The summed E-state index contributed by atoms with van der Waals surface area (Å²) in [6, 6.07) is 4.53. The Morgan fingerprint density at radius 1 is 1.21 bits per heavy atom. The summed E-state index contributed by atoms with van der Waals surface area (Å²) in [6.07, 6.45) is 2.01. The predicted molar refractivity (Wildman–Crippen MR) is 70.9 cm³/mol. The molecular formula is C14H15F2N3. The van der Waals surface area contributed by atoms with E-state index in [1.807, 2.05) is 6.92 Å². The molecule has 0 amide bonds. The molecule has 1 aromatic heterocycles. The molecule has 19 heavy (non-hydrogen) atoms. The lowest BCUT2D eigenvalue weighted by atomic mass is 10.1. The van der Waals surface area contributed by atoms with E-state index in [-0.39, 0.29) is 11.5 Å². The molecule has 2 aromatic rings. The van der Waals surface area contributed by atoms with Gasteiger partial charge in [0.1, 0.15) is 11.5 Å². The molecule has 0 unspecified atom stereocenters. The van der Waals surface area contributed by atoms with Crippen molar-refractivity contribution >= 4 is 5.95 Å². The SMILES string of the molecule is CCCNc1ncc(F)c(-c2ccc(C)c(F)c2)n1. The van der Waals surface area contributed by atoms with Gasteiger partial charge in [-0.3, -0.25) is 0 Å². The fraction of sp³-hybridized carbons (Fsp3) is 0.286. The standard InChI is InChI=1S/C14H15F2N3/c1-3-6-17-14-18-8-12(16)13(19-14)10-5-4-9(2)11(15)7-10/h4-5,7-8H,3,6H2,1-2H3,(H,17,18,19). The summed E-state index contributed by atoms with van der Waals surface area (Å²) in [6.45, 7) is 4.36. The van der Waals surface area contributed by atoms with Crippen LogP contribution in [0.5, 0.6) is 0 Å². The zero-order valence-corrected chi connectivity index (χ0v) is 10.9. The van der Waals surface area contributed by atoms with Gasteiger partial charge < -0.3 is 5.32 Å². The third-order valence-corrected chi connectivity index (χ3v) is 2.72. The highest BCUT2D eigenvalue weighted by molar-refractivity contribution is 5.61. The summed E-state index contributed by atoms with van der Waals surface area (Å²) in [5.74, 6) is -0.594. The first-order valence-corrected chi connectivity index (χ1v) is 6.14. The maximum absolute atomic E-state index is 13.7. The molecular weight excluding hydrogens is 248 g/mol. The van der Waals surface area contributed by atoms with Gasteiger partial charge in [-0.2, -0.15) is 0 Å². The molecule has 0 fully saturated rings. The second-order valence-electron chi connectivity index (χ2n) is 4.28. The molecule has 5 heteroatoms. The molecule has 100 valence electrons. The van der Waals surface area contributed by atoms with Crippen molar-refractivity contribution in [1.29, 1.82) is 0 Å². The number of aromatic nitrogens is 2. The second kappa shape index (κ2) is 5.73. The van der Waals surface area contributed by atoms with E-state index >= 15 is 0 Å². The van der Waals surface area contributed by atoms with Crippen molar-refractivity contribution in [1.82, 2.24) is 9.97 Å². The van der Waals surface area contributed by atoms with Crippen LogP contribution in [-0.2, 0) is 0 Å². The summed E-state index contributed by atoms with van der Waals surface area (Å²) in [7, 11) is 0. The lowest BCUT2D eigenvalue weighted by Gasteiger charge is -2.07. The van der Waals surface area contributed by atoms with Crippen LogP contribution >= 0.6 is 0 Å². The Morgan fingerprint density at radius 2 is 2.00 bits per heavy atom. The van der Waals surface area contributed by atoms with Gasteiger partial charge in [-0.25, -0.2) is 18.7 Å². The third kappa shape index (κ3) is 3.05. The van der Waals surface area contributed by atoms with Crippen molar-refractivity contribution in [3.05, 3.63) is 41.6 Å². The molecule has 0 aliphatic rings. The van der Waals surface area contributed by atoms with Crippen molar-refractivity contribution in [2.75, 3.05) is 11.9 Å². The van der Waals surface area contributed by atoms with Crippen LogP contribution in [0.2, 0.25) is 0 Å². The highest BCUT2D eigenvalue weighted by Gasteiger charge is 2.11. The Hall–Kier alpha value is -2.04. The van der Waals surface area contributed by atoms with Gasteiger partial charge in [-0.05, 0) is 25.0 Å². The quantitative estimate of drug-likeness (QED) is 0.916. The van der Waals surface area contributed by atoms with Gasteiger partial charge in [0.25, 0.3) is 0 Å². The predicted octanol–water partition coefficient (Wildman–Crippen LogP) is 3.55. The average Bonchev–Trinajstić information content (AvgIpc) is 2.41. The molecule has 1 heterocycles. The number of rotatable bonds is 4. The molecule has 0 radical (unpaired) electrons. The molecule has 0 aliphatic heterocycles. The normalized spacial score (nSPS) is 10.5. The van der Waals surface area contributed by atoms with Gasteiger partial charge in [-0.1, -0.05) is 19.1 Å². The summed E-state index contributed by atoms with van der Waals surface area (Å²) in [5, 5.41) is 2.98. The van der Waals surface area contributed by atoms with Crippen molar-refractivity contribution in [2.45, 2.75) is 20.3 Å². The minimum atomic E-state index is -0.565. The van der Waals surface area contributed by atoms with E-state index in [4.69, 9.17) is 0 Å². The van der Waals surface area contributed by atoms with Crippen molar-refractivity contribution in [2.24, 2.45) is 0 Å². The Bertz CT molecular complexity index is 585. The first-order valence-electron chi connectivity index (χ1n) is 6.14.